The fourth-order valence-corrected chi connectivity index (χ4v) is 2.23. The van der Waals surface area contributed by atoms with Gasteiger partial charge in [-0.25, -0.2) is 0 Å². The molecule has 0 aliphatic rings. The lowest BCUT2D eigenvalue weighted by molar-refractivity contribution is 0.317. The molecule has 0 heterocycles. The van der Waals surface area contributed by atoms with Crippen molar-refractivity contribution in [2.75, 3.05) is 26.7 Å². The monoisotopic (exact) mass is 312 g/mol. The Balaban J connectivity index is 2.10. The number of hydrogen-bond donors (Lipinski definition) is 1. The molecule has 0 spiro atoms. The van der Waals surface area contributed by atoms with Gasteiger partial charge in [-0.1, -0.05) is 41.4 Å². The molecule has 0 aliphatic carbocycles. The van der Waals surface area contributed by atoms with Crippen LogP contribution in [0.3, 0.4) is 0 Å². The molecule has 3 heteroatoms. The molecule has 0 bridgehead atoms. The van der Waals surface area contributed by atoms with Crippen molar-refractivity contribution in [2.24, 2.45) is 0 Å². The molecule has 102 valence electrons. The Morgan fingerprint density at radius 2 is 1.83 bits per heavy atom. The average molecular weight is 313 g/mol. The maximum atomic E-state index is 3.46. The third-order valence-corrected chi connectivity index (χ3v) is 3.54. The Bertz CT molecular complexity index is 311. The van der Waals surface area contributed by atoms with Gasteiger partial charge >= 0.3 is 0 Å². The second-order valence-corrected chi connectivity index (χ2v) is 5.69. The Morgan fingerprint density at radius 3 is 2.50 bits per heavy atom. The van der Waals surface area contributed by atoms with Crippen LogP contribution in [0, 0.1) is 0 Å². The standard InChI is InChI=1S/C15H25BrN2/c1-3-17-11-5-4-6-12-18(2)13-14-7-9-15(16)10-8-14/h7-10,17H,3-6,11-13H2,1-2H3. The normalized spacial score (nSPS) is 11.1. The van der Waals surface area contributed by atoms with Gasteiger partial charge in [0, 0.05) is 11.0 Å². The van der Waals surface area contributed by atoms with Crippen LogP contribution in [0.15, 0.2) is 28.7 Å². The first-order valence-corrected chi connectivity index (χ1v) is 7.65. The van der Waals surface area contributed by atoms with Crippen LogP contribution in [0.2, 0.25) is 0 Å². The van der Waals surface area contributed by atoms with Crippen LogP contribution in [-0.4, -0.2) is 31.6 Å². The molecule has 0 amide bonds. The molecule has 18 heavy (non-hydrogen) atoms. The Hall–Kier alpha value is -0.380. The minimum Gasteiger partial charge on any atom is -0.317 e. The highest BCUT2D eigenvalue weighted by Gasteiger charge is 2.00. The predicted octanol–water partition coefficient (Wildman–Crippen LogP) is 3.66. The maximum absolute atomic E-state index is 3.46. The molecule has 0 radical (unpaired) electrons. The molecular formula is C15H25BrN2. The van der Waals surface area contributed by atoms with E-state index >= 15 is 0 Å². The van der Waals surface area contributed by atoms with Crippen LogP contribution < -0.4 is 5.32 Å². The molecule has 0 fully saturated rings. The molecule has 1 N–H and O–H groups in total. The van der Waals surface area contributed by atoms with Crippen molar-refractivity contribution in [1.82, 2.24) is 10.2 Å². The van der Waals surface area contributed by atoms with Crippen LogP contribution >= 0.6 is 15.9 Å². The Morgan fingerprint density at radius 1 is 1.11 bits per heavy atom. The lowest BCUT2D eigenvalue weighted by atomic mass is 10.2. The van der Waals surface area contributed by atoms with Crippen molar-refractivity contribution in [3.05, 3.63) is 34.3 Å². The molecule has 0 aliphatic heterocycles. The van der Waals surface area contributed by atoms with E-state index in [2.05, 4.69) is 64.4 Å². The van der Waals surface area contributed by atoms with E-state index in [1.54, 1.807) is 0 Å². The molecule has 2 nitrogen and oxygen atoms in total. The zero-order valence-electron chi connectivity index (χ0n) is 11.6. The summed E-state index contributed by atoms with van der Waals surface area (Å²) in [6, 6.07) is 8.59. The summed E-state index contributed by atoms with van der Waals surface area (Å²) in [5.74, 6) is 0. The largest absolute Gasteiger partial charge is 0.317 e. The molecule has 0 atom stereocenters. The van der Waals surface area contributed by atoms with E-state index in [9.17, 15) is 0 Å². The van der Waals surface area contributed by atoms with Gasteiger partial charge in [0.05, 0.1) is 0 Å². The van der Waals surface area contributed by atoms with Gasteiger partial charge < -0.3 is 10.2 Å². The molecule has 1 aromatic carbocycles. The second kappa shape index (κ2) is 9.54. The van der Waals surface area contributed by atoms with Crippen LogP contribution in [-0.2, 0) is 6.54 Å². The van der Waals surface area contributed by atoms with E-state index < -0.39 is 0 Å². The number of benzene rings is 1. The van der Waals surface area contributed by atoms with Crippen molar-refractivity contribution < 1.29 is 0 Å². The first-order valence-electron chi connectivity index (χ1n) is 6.86. The predicted molar refractivity (Wildman–Crippen MR) is 82.9 cm³/mol. The van der Waals surface area contributed by atoms with Gasteiger partial charge in [-0.3, -0.25) is 0 Å². The smallest absolute Gasteiger partial charge is 0.0230 e. The highest BCUT2D eigenvalue weighted by Crippen LogP contribution is 2.12. The van der Waals surface area contributed by atoms with Crippen molar-refractivity contribution in [3.63, 3.8) is 0 Å². The summed E-state index contributed by atoms with van der Waals surface area (Å²) in [5, 5.41) is 3.36. The third kappa shape index (κ3) is 7.14. The molecule has 0 saturated carbocycles. The first-order chi connectivity index (χ1) is 8.72. The number of nitrogens with one attached hydrogen (secondary N) is 1. The van der Waals surface area contributed by atoms with Crippen LogP contribution in [0.1, 0.15) is 31.7 Å². The number of rotatable bonds is 9. The van der Waals surface area contributed by atoms with Crippen molar-refractivity contribution in [1.29, 1.82) is 0 Å². The first kappa shape index (κ1) is 15.7. The van der Waals surface area contributed by atoms with Crippen LogP contribution in [0.4, 0.5) is 0 Å². The van der Waals surface area contributed by atoms with Gasteiger partial charge in [0.25, 0.3) is 0 Å². The summed E-state index contributed by atoms with van der Waals surface area (Å²) in [6.45, 7) is 6.63. The molecule has 1 rings (SSSR count). The van der Waals surface area contributed by atoms with Gasteiger partial charge in [-0.2, -0.15) is 0 Å². The molecule has 0 unspecified atom stereocenters. The number of unbranched alkanes of at least 4 members (excludes halogenated alkanes) is 2. The Labute approximate surface area is 120 Å². The van der Waals surface area contributed by atoms with Crippen LogP contribution in [0.25, 0.3) is 0 Å². The van der Waals surface area contributed by atoms with Gasteiger partial charge in [0.15, 0.2) is 0 Å². The van der Waals surface area contributed by atoms with Crippen LogP contribution in [0.5, 0.6) is 0 Å². The zero-order valence-corrected chi connectivity index (χ0v) is 13.2. The number of nitrogens with zero attached hydrogens (tertiary/aromatic N) is 1. The highest BCUT2D eigenvalue weighted by molar-refractivity contribution is 9.10. The van der Waals surface area contributed by atoms with Gasteiger partial charge in [-0.05, 0) is 57.2 Å². The van der Waals surface area contributed by atoms with E-state index in [4.69, 9.17) is 0 Å². The lowest BCUT2D eigenvalue weighted by Gasteiger charge is -2.16. The zero-order chi connectivity index (χ0) is 13.2. The summed E-state index contributed by atoms with van der Waals surface area (Å²) in [4.78, 5) is 2.40. The highest BCUT2D eigenvalue weighted by atomic mass is 79.9. The molecule has 0 saturated heterocycles. The van der Waals surface area contributed by atoms with E-state index in [1.165, 1.54) is 31.4 Å². The van der Waals surface area contributed by atoms with Crippen molar-refractivity contribution >= 4 is 15.9 Å². The van der Waals surface area contributed by atoms with E-state index in [0.717, 1.165) is 24.1 Å². The fourth-order valence-electron chi connectivity index (χ4n) is 1.97. The quantitative estimate of drug-likeness (QED) is 0.700. The fraction of sp³-hybridized carbons (Fsp3) is 0.600. The minimum absolute atomic E-state index is 1.04. The van der Waals surface area contributed by atoms with E-state index in [-0.39, 0.29) is 0 Å². The Kier molecular flexibility index (Phi) is 8.31. The average Bonchev–Trinajstić information content (AvgIpc) is 2.36. The topological polar surface area (TPSA) is 15.3 Å². The lowest BCUT2D eigenvalue weighted by Crippen LogP contribution is -2.19. The van der Waals surface area contributed by atoms with E-state index in [1.807, 2.05) is 0 Å². The summed E-state index contributed by atoms with van der Waals surface area (Å²) in [7, 11) is 2.20. The summed E-state index contributed by atoms with van der Waals surface area (Å²) in [5.41, 5.74) is 1.38. The molecule has 1 aromatic rings. The van der Waals surface area contributed by atoms with Crippen molar-refractivity contribution in [3.8, 4) is 0 Å². The summed E-state index contributed by atoms with van der Waals surface area (Å²) < 4.78 is 1.15. The summed E-state index contributed by atoms with van der Waals surface area (Å²) in [6.07, 6.45) is 3.90. The van der Waals surface area contributed by atoms with Gasteiger partial charge in [0.1, 0.15) is 0 Å². The number of hydrogen-bond acceptors (Lipinski definition) is 2. The third-order valence-electron chi connectivity index (χ3n) is 3.01. The maximum Gasteiger partial charge on any atom is 0.0230 e. The summed E-state index contributed by atoms with van der Waals surface area (Å²) >= 11 is 3.46. The molecular weight excluding hydrogens is 288 g/mol. The van der Waals surface area contributed by atoms with Gasteiger partial charge in [0.2, 0.25) is 0 Å². The number of halogens is 1. The minimum atomic E-state index is 1.04. The van der Waals surface area contributed by atoms with Gasteiger partial charge in [-0.15, -0.1) is 0 Å². The SMILES string of the molecule is CCNCCCCCN(C)Cc1ccc(Br)cc1. The van der Waals surface area contributed by atoms with Crippen molar-refractivity contribution in [2.45, 2.75) is 32.7 Å². The van der Waals surface area contributed by atoms with E-state index in [0.29, 0.717) is 0 Å². The molecule has 0 aromatic heterocycles. The second-order valence-electron chi connectivity index (χ2n) is 4.78.